The molecule has 1 atom stereocenters. The van der Waals surface area contributed by atoms with E-state index in [2.05, 4.69) is 5.10 Å². The Bertz CT molecular complexity index is 1620. The molecule has 0 saturated heterocycles. The van der Waals surface area contributed by atoms with E-state index in [-0.39, 0.29) is 22.6 Å². The van der Waals surface area contributed by atoms with Crippen LogP contribution in [0.4, 0.5) is 13.2 Å². The lowest BCUT2D eigenvalue weighted by Gasteiger charge is -2.20. The molecule has 11 heteroatoms. The number of carbonyl (C=O) groups excluding carboxylic acids is 1. The molecular weight excluding hydrogens is 475 g/mol. The lowest BCUT2D eigenvalue weighted by atomic mass is 10.1. The summed E-state index contributed by atoms with van der Waals surface area (Å²) in [6.07, 6.45) is -2.84. The fraction of sp³-hybridized carbons (Fsp3) is 0.160. The van der Waals surface area contributed by atoms with Crippen LogP contribution in [-0.2, 0) is 11.0 Å². The minimum atomic E-state index is -4.66. The van der Waals surface area contributed by atoms with Gasteiger partial charge in [-0.25, -0.2) is 14.0 Å². The number of alkyl halides is 3. The van der Waals surface area contributed by atoms with Crippen LogP contribution >= 0.6 is 0 Å². The highest BCUT2D eigenvalue weighted by molar-refractivity contribution is 5.65. The average molecular weight is 493 g/mol. The topological polar surface area (TPSA) is 103 Å². The quantitative estimate of drug-likeness (QED) is 0.394. The number of benzene rings is 2. The molecule has 2 aromatic carbocycles. The fourth-order valence-corrected chi connectivity index (χ4v) is 3.94. The Morgan fingerprint density at radius 3 is 2.36 bits per heavy atom. The Labute approximate surface area is 202 Å². The molecule has 8 nitrogen and oxygen atoms in total. The van der Waals surface area contributed by atoms with Crippen molar-refractivity contribution in [2.45, 2.75) is 26.1 Å². The Balaban J connectivity index is 2.06. The Hall–Kier alpha value is -4.72. The molecule has 0 fully saturated rings. The van der Waals surface area contributed by atoms with E-state index >= 15 is 0 Å². The number of hydrogen-bond donors (Lipinski definition) is 0. The molecule has 0 aliphatic rings. The van der Waals surface area contributed by atoms with Crippen molar-refractivity contribution in [1.29, 1.82) is 5.26 Å². The number of rotatable bonds is 5. The third kappa shape index (κ3) is 4.13. The maximum atomic E-state index is 13.5. The van der Waals surface area contributed by atoms with Crippen molar-refractivity contribution in [2.75, 3.05) is 0 Å². The van der Waals surface area contributed by atoms with E-state index in [0.717, 1.165) is 22.8 Å². The second-order valence-electron chi connectivity index (χ2n) is 7.97. The van der Waals surface area contributed by atoms with Gasteiger partial charge in [0.05, 0.1) is 52.1 Å². The summed E-state index contributed by atoms with van der Waals surface area (Å²) < 4.78 is 43.2. The van der Waals surface area contributed by atoms with Crippen molar-refractivity contribution in [2.24, 2.45) is 0 Å². The first-order chi connectivity index (χ1) is 17.1. The molecule has 0 spiro atoms. The van der Waals surface area contributed by atoms with Crippen LogP contribution < -0.4 is 11.2 Å². The van der Waals surface area contributed by atoms with Crippen LogP contribution in [0, 0.1) is 18.3 Å². The van der Waals surface area contributed by atoms with Crippen LogP contribution in [0.25, 0.3) is 22.6 Å². The van der Waals surface area contributed by atoms with Crippen LogP contribution in [0.15, 0.2) is 70.4 Å². The van der Waals surface area contributed by atoms with E-state index in [1.807, 2.05) is 6.07 Å². The Morgan fingerprint density at radius 1 is 1.06 bits per heavy atom. The van der Waals surface area contributed by atoms with Gasteiger partial charge in [-0.3, -0.25) is 9.36 Å². The molecule has 0 bridgehead atoms. The van der Waals surface area contributed by atoms with Gasteiger partial charge in [-0.15, -0.1) is 0 Å². The first-order valence-electron chi connectivity index (χ1n) is 10.6. The molecule has 0 saturated carbocycles. The number of halogens is 3. The third-order valence-corrected chi connectivity index (χ3v) is 5.70. The van der Waals surface area contributed by atoms with Crippen LogP contribution in [0.3, 0.4) is 0 Å². The maximum Gasteiger partial charge on any atom is 0.416 e. The maximum absolute atomic E-state index is 13.5. The number of aromatic nitrogens is 4. The lowest BCUT2D eigenvalue weighted by molar-refractivity contribution is -0.137. The molecule has 182 valence electrons. The second-order valence-corrected chi connectivity index (χ2v) is 7.97. The van der Waals surface area contributed by atoms with Crippen molar-refractivity contribution in [1.82, 2.24) is 18.9 Å². The summed E-state index contributed by atoms with van der Waals surface area (Å²) in [5.74, 6) is 0. The average Bonchev–Trinajstić information content (AvgIpc) is 3.33. The lowest BCUT2D eigenvalue weighted by Crippen LogP contribution is -2.43. The first-order valence-corrected chi connectivity index (χ1v) is 10.6. The Kier molecular flexibility index (Phi) is 6.20. The van der Waals surface area contributed by atoms with Crippen molar-refractivity contribution in [3.63, 3.8) is 0 Å². The molecule has 2 heterocycles. The molecule has 4 aromatic rings. The smallest absolute Gasteiger partial charge is 0.301 e. The van der Waals surface area contributed by atoms with Crippen LogP contribution in [0.2, 0.25) is 0 Å². The highest BCUT2D eigenvalue weighted by Crippen LogP contribution is 2.31. The fourth-order valence-electron chi connectivity index (χ4n) is 3.94. The van der Waals surface area contributed by atoms with Crippen LogP contribution in [0.1, 0.15) is 29.8 Å². The van der Waals surface area contributed by atoms with Crippen molar-refractivity contribution in [3.05, 3.63) is 98.5 Å². The SMILES string of the molecule is Cc1c(-c2ccnn2-c2ccc(C#N)cc2)c(=O)n([C@H](C)C=O)c(=O)n1-c1cccc(C(F)(F)F)c1. The van der Waals surface area contributed by atoms with E-state index in [9.17, 15) is 27.6 Å². The van der Waals surface area contributed by atoms with E-state index in [4.69, 9.17) is 5.26 Å². The van der Waals surface area contributed by atoms with Crippen molar-refractivity contribution >= 4 is 6.29 Å². The molecule has 0 aliphatic heterocycles. The largest absolute Gasteiger partial charge is 0.416 e. The summed E-state index contributed by atoms with van der Waals surface area (Å²) >= 11 is 0. The molecule has 2 aromatic heterocycles. The van der Waals surface area contributed by atoms with Gasteiger partial charge in [-0.2, -0.15) is 23.5 Å². The van der Waals surface area contributed by atoms with Crippen LogP contribution in [-0.4, -0.2) is 25.2 Å². The highest BCUT2D eigenvalue weighted by Gasteiger charge is 2.31. The van der Waals surface area contributed by atoms with E-state index in [0.29, 0.717) is 22.1 Å². The molecule has 4 rings (SSSR count). The second kappa shape index (κ2) is 9.14. The number of carbonyl (C=O) groups is 1. The van der Waals surface area contributed by atoms with Gasteiger partial charge in [-0.1, -0.05) is 6.07 Å². The standard InChI is InChI=1S/C25H18F3N5O3/c1-15(14-34)31-23(35)22(21-10-11-30-33(21)19-8-6-17(13-29)7-9-19)16(2)32(24(31)36)20-5-3-4-18(12-20)25(26,27)28/h3-12,14-15H,1-2H3/t15-/m1/s1. The minimum absolute atomic E-state index is 0.0254. The third-order valence-electron chi connectivity index (χ3n) is 5.70. The van der Waals surface area contributed by atoms with Gasteiger partial charge >= 0.3 is 11.9 Å². The highest BCUT2D eigenvalue weighted by atomic mass is 19.4. The zero-order chi connectivity index (χ0) is 26.2. The summed E-state index contributed by atoms with van der Waals surface area (Å²) in [4.78, 5) is 38.5. The normalized spacial score (nSPS) is 12.2. The Morgan fingerprint density at radius 2 is 1.75 bits per heavy atom. The van der Waals surface area contributed by atoms with E-state index < -0.39 is 29.0 Å². The molecule has 0 radical (unpaired) electrons. The summed E-state index contributed by atoms with van der Waals surface area (Å²) in [5, 5.41) is 13.3. The van der Waals surface area contributed by atoms with Crippen LogP contribution in [0.5, 0.6) is 0 Å². The van der Waals surface area contributed by atoms with Gasteiger partial charge in [0, 0.05) is 5.69 Å². The molecule has 36 heavy (non-hydrogen) atoms. The number of hydrogen-bond acceptors (Lipinski definition) is 5. The van der Waals surface area contributed by atoms with Gasteiger partial charge in [0.2, 0.25) is 0 Å². The summed E-state index contributed by atoms with van der Waals surface area (Å²) in [6, 6.07) is 12.8. The summed E-state index contributed by atoms with van der Waals surface area (Å²) in [5.41, 5.74) is -1.66. The zero-order valence-corrected chi connectivity index (χ0v) is 19.0. The monoisotopic (exact) mass is 493 g/mol. The molecule has 0 amide bonds. The predicted molar refractivity (Wildman–Crippen MR) is 124 cm³/mol. The molecule has 0 unspecified atom stereocenters. The van der Waals surface area contributed by atoms with Gasteiger partial charge in [-0.05, 0) is 62.4 Å². The predicted octanol–water partition coefficient (Wildman–Crippen LogP) is 3.81. The molecule has 0 N–H and O–H groups in total. The number of aldehydes is 1. The van der Waals surface area contributed by atoms with E-state index in [1.165, 1.54) is 36.9 Å². The van der Waals surface area contributed by atoms with Gasteiger partial charge < -0.3 is 4.79 Å². The first kappa shape index (κ1) is 24.4. The van der Waals surface area contributed by atoms with Gasteiger partial charge in [0.1, 0.15) is 6.29 Å². The van der Waals surface area contributed by atoms with Gasteiger partial charge in [0.25, 0.3) is 5.56 Å². The zero-order valence-electron chi connectivity index (χ0n) is 19.0. The van der Waals surface area contributed by atoms with Crippen molar-refractivity contribution in [3.8, 4) is 28.7 Å². The minimum Gasteiger partial charge on any atom is -0.301 e. The number of nitrogens with zero attached hydrogens (tertiary/aromatic N) is 5. The molecule has 0 aliphatic carbocycles. The van der Waals surface area contributed by atoms with E-state index in [1.54, 1.807) is 24.3 Å². The number of nitriles is 1. The van der Waals surface area contributed by atoms with Gasteiger partial charge in [0.15, 0.2) is 0 Å². The molecular formula is C25H18F3N5O3. The van der Waals surface area contributed by atoms with Crippen molar-refractivity contribution < 1.29 is 18.0 Å². The summed E-state index contributed by atoms with van der Waals surface area (Å²) in [6.45, 7) is 2.77. The summed E-state index contributed by atoms with van der Waals surface area (Å²) in [7, 11) is 0.